The van der Waals surface area contributed by atoms with Gasteiger partial charge in [-0.2, -0.15) is 0 Å². The standard InChI is InChI=1S/C34H35N7O4/c1-22(42)35-17-5-6-23-7-9-25(10-8-23)32(31-28-20-27(41(44)45)15-16-29(28)38-33(31)43)37-26-13-11-24(12-14-26)30-21-36-34(39-30)40-18-3-2-4-19-40/h7-16,20-21,31H,2-6,17-19H2,1H3,(H,35,42)(H,36,39)(H,38,43). The highest BCUT2D eigenvalue weighted by atomic mass is 16.6. The summed E-state index contributed by atoms with van der Waals surface area (Å²) in [7, 11) is 0. The lowest BCUT2D eigenvalue weighted by molar-refractivity contribution is -0.384. The normalized spacial score (nSPS) is 16.3. The molecule has 1 atom stereocenters. The lowest BCUT2D eigenvalue weighted by Gasteiger charge is -2.25. The van der Waals surface area contributed by atoms with Crippen LogP contribution in [0.3, 0.4) is 0 Å². The molecule has 11 nitrogen and oxygen atoms in total. The van der Waals surface area contributed by atoms with Crippen molar-refractivity contribution in [3.63, 3.8) is 0 Å². The minimum atomic E-state index is -0.829. The molecule has 1 fully saturated rings. The number of hydrogen-bond acceptors (Lipinski definition) is 7. The zero-order valence-electron chi connectivity index (χ0n) is 25.1. The molecular formula is C34H35N7O4. The van der Waals surface area contributed by atoms with Crippen molar-refractivity contribution in [1.82, 2.24) is 15.3 Å². The molecule has 2 aliphatic heterocycles. The predicted molar refractivity (Wildman–Crippen MR) is 174 cm³/mol. The number of nitro groups is 1. The minimum absolute atomic E-state index is 0.0543. The van der Waals surface area contributed by atoms with Crippen LogP contribution < -0.4 is 15.5 Å². The van der Waals surface area contributed by atoms with E-state index in [1.165, 1.54) is 38.3 Å². The van der Waals surface area contributed by atoms with Crippen molar-refractivity contribution < 1.29 is 14.5 Å². The Labute approximate surface area is 260 Å². The molecule has 2 aliphatic rings. The summed E-state index contributed by atoms with van der Waals surface area (Å²) in [6.45, 7) is 4.10. The summed E-state index contributed by atoms with van der Waals surface area (Å²) >= 11 is 0. The number of hydrogen-bond donors (Lipinski definition) is 3. The van der Waals surface area contributed by atoms with Crippen molar-refractivity contribution in [1.29, 1.82) is 0 Å². The van der Waals surface area contributed by atoms with E-state index in [4.69, 9.17) is 4.99 Å². The fourth-order valence-corrected chi connectivity index (χ4v) is 5.91. The smallest absolute Gasteiger partial charge is 0.269 e. The molecule has 2 amide bonds. The maximum absolute atomic E-state index is 13.4. The number of piperidine rings is 1. The maximum atomic E-state index is 13.4. The van der Waals surface area contributed by atoms with Crippen molar-refractivity contribution in [3.8, 4) is 11.3 Å². The van der Waals surface area contributed by atoms with Gasteiger partial charge in [0.15, 0.2) is 0 Å². The topological polar surface area (TPSA) is 146 Å². The summed E-state index contributed by atoms with van der Waals surface area (Å²) < 4.78 is 0. The first-order valence-corrected chi connectivity index (χ1v) is 15.3. The number of fused-ring (bicyclic) bond motifs is 1. The number of aromatic amines is 1. The average Bonchev–Trinajstić information content (AvgIpc) is 3.67. The second-order valence-electron chi connectivity index (χ2n) is 11.4. The van der Waals surface area contributed by atoms with Crippen molar-refractivity contribution in [2.75, 3.05) is 29.9 Å². The number of benzene rings is 3. The molecule has 0 spiro atoms. The number of rotatable bonds is 10. The van der Waals surface area contributed by atoms with Crippen LogP contribution in [0.1, 0.15) is 55.2 Å². The zero-order valence-corrected chi connectivity index (χ0v) is 25.1. The fraction of sp³-hybridized carbons (Fsp3) is 0.294. The molecular weight excluding hydrogens is 570 g/mol. The Hall–Kier alpha value is -5.32. The van der Waals surface area contributed by atoms with E-state index in [0.717, 1.165) is 54.3 Å². The molecule has 1 unspecified atom stereocenters. The van der Waals surface area contributed by atoms with E-state index in [9.17, 15) is 19.7 Å². The van der Waals surface area contributed by atoms with E-state index in [-0.39, 0.29) is 17.5 Å². The van der Waals surface area contributed by atoms with Gasteiger partial charge in [-0.05, 0) is 67.0 Å². The Balaban J connectivity index is 1.31. The molecule has 230 valence electrons. The number of non-ortho nitro benzene ring substituents is 1. The molecule has 4 aromatic rings. The predicted octanol–water partition coefficient (Wildman–Crippen LogP) is 5.90. The number of anilines is 2. The number of imidazole rings is 1. The second kappa shape index (κ2) is 13.1. The quantitative estimate of drug-likeness (QED) is 0.0888. The Morgan fingerprint density at radius 1 is 1.07 bits per heavy atom. The van der Waals surface area contributed by atoms with E-state index in [1.54, 1.807) is 6.07 Å². The molecule has 3 heterocycles. The number of carbonyl (C=O) groups excluding carboxylic acids is 2. The number of nitrogens with one attached hydrogen (secondary N) is 3. The molecule has 3 N–H and O–H groups in total. The highest BCUT2D eigenvalue weighted by Gasteiger charge is 2.36. The van der Waals surface area contributed by atoms with E-state index in [2.05, 4.69) is 25.5 Å². The van der Waals surface area contributed by atoms with Crippen LogP contribution in [0.4, 0.5) is 23.0 Å². The third-order valence-electron chi connectivity index (χ3n) is 8.26. The van der Waals surface area contributed by atoms with Gasteiger partial charge in [0.25, 0.3) is 5.69 Å². The van der Waals surface area contributed by atoms with Crippen molar-refractivity contribution in [3.05, 3.63) is 99.7 Å². The van der Waals surface area contributed by atoms with Crippen LogP contribution >= 0.6 is 0 Å². The van der Waals surface area contributed by atoms with Gasteiger partial charge >= 0.3 is 0 Å². The molecule has 0 aliphatic carbocycles. The Kier molecular flexibility index (Phi) is 8.68. The fourth-order valence-electron chi connectivity index (χ4n) is 5.91. The summed E-state index contributed by atoms with van der Waals surface area (Å²) in [4.78, 5) is 51.0. The monoisotopic (exact) mass is 605 g/mol. The molecule has 11 heteroatoms. The van der Waals surface area contributed by atoms with Crippen LogP contribution in [0.2, 0.25) is 0 Å². The minimum Gasteiger partial charge on any atom is -0.356 e. The van der Waals surface area contributed by atoms with Crippen LogP contribution in [-0.2, 0) is 16.0 Å². The number of aryl methyl sites for hydroxylation is 1. The molecule has 1 saturated heterocycles. The van der Waals surface area contributed by atoms with Crippen LogP contribution in [0.25, 0.3) is 11.3 Å². The first-order chi connectivity index (χ1) is 21.9. The number of aromatic nitrogens is 2. The second-order valence-corrected chi connectivity index (χ2v) is 11.4. The van der Waals surface area contributed by atoms with Gasteiger partial charge in [-0.1, -0.05) is 36.4 Å². The van der Waals surface area contributed by atoms with E-state index in [1.807, 2.05) is 54.7 Å². The molecule has 3 aromatic carbocycles. The SMILES string of the molecule is CC(=O)NCCCc1ccc(C(=Nc2ccc(-c3cnc(N4CCCCC4)[nH]3)cc2)C2C(=O)Nc3ccc([N+](=O)[O-])cc32)cc1. The van der Waals surface area contributed by atoms with Gasteiger partial charge in [0.1, 0.15) is 5.92 Å². The van der Waals surface area contributed by atoms with Crippen molar-refractivity contribution in [2.45, 2.75) is 44.9 Å². The highest BCUT2D eigenvalue weighted by molar-refractivity contribution is 6.24. The number of nitrogens with zero attached hydrogens (tertiary/aromatic N) is 4. The summed E-state index contributed by atoms with van der Waals surface area (Å²) in [5, 5.41) is 17.3. The van der Waals surface area contributed by atoms with E-state index >= 15 is 0 Å². The third-order valence-corrected chi connectivity index (χ3v) is 8.26. The Morgan fingerprint density at radius 3 is 2.53 bits per heavy atom. The van der Waals surface area contributed by atoms with Gasteiger partial charge < -0.3 is 20.5 Å². The average molecular weight is 606 g/mol. The Morgan fingerprint density at radius 2 is 1.82 bits per heavy atom. The van der Waals surface area contributed by atoms with Gasteiger partial charge in [0.05, 0.1) is 28.2 Å². The van der Waals surface area contributed by atoms with Gasteiger partial charge in [0, 0.05) is 49.9 Å². The summed E-state index contributed by atoms with van der Waals surface area (Å²) in [5.41, 5.74) is 5.83. The van der Waals surface area contributed by atoms with Gasteiger partial charge in [-0.25, -0.2) is 4.98 Å². The summed E-state index contributed by atoms with van der Waals surface area (Å²) in [6.07, 6.45) is 7.01. The van der Waals surface area contributed by atoms with Crippen LogP contribution in [0.5, 0.6) is 0 Å². The molecule has 45 heavy (non-hydrogen) atoms. The van der Waals surface area contributed by atoms with Gasteiger partial charge in [-0.3, -0.25) is 24.7 Å². The van der Waals surface area contributed by atoms with Crippen molar-refractivity contribution >= 4 is 40.5 Å². The number of nitro benzene ring substituents is 1. The van der Waals surface area contributed by atoms with E-state index in [0.29, 0.717) is 29.2 Å². The first-order valence-electron chi connectivity index (χ1n) is 15.3. The molecule has 1 aromatic heterocycles. The summed E-state index contributed by atoms with van der Waals surface area (Å²) in [5.74, 6) is -0.290. The maximum Gasteiger partial charge on any atom is 0.269 e. The molecule has 0 saturated carbocycles. The first kappa shape index (κ1) is 29.7. The van der Waals surface area contributed by atoms with Crippen LogP contribution in [0, 0.1) is 10.1 Å². The van der Waals surface area contributed by atoms with Crippen LogP contribution in [-0.4, -0.2) is 52.1 Å². The lowest BCUT2D eigenvalue weighted by Crippen LogP contribution is -2.30. The number of amides is 2. The van der Waals surface area contributed by atoms with E-state index < -0.39 is 10.8 Å². The molecule has 0 bridgehead atoms. The number of H-pyrrole nitrogens is 1. The third kappa shape index (κ3) is 6.77. The summed E-state index contributed by atoms with van der Waals surface area (Å²) in [6, 6.07) is 20.0. The number of carbonyl (C=O) groups is 2. The lowest BCUT2D eigenvalue weighted by atomic mass is 9.89. The Bertz CT molecular complexity index is 1740. The highest BCUT2D eigenvalue weighted by Crippen LogP contribution is 2.38. The van der Waals surface area contributed by atoms with Crippen molar-refractivity contribution in [2.24, 2.45) is 4.99 Å². The molecule has 6 rings (SSSR count). The van der Waals surface area contributed by atoms with Crippen LogP contribution in [0.15, 0.2) is 77.9 Å². The number of aliphatic imine (C=N–C) groups is 1. The molecule has 0 radical (unpaired) electrons. The van der Waals surface area contributed by atoms with Gasteiger partial charge in [-0.15, -0.1) is 0 Å². The largest absolute Gasteiger partial charge is 0.356 e. The zero-order chi connectivity index (χ0) is 31.3. The van der Waals surface area contributed by atoms with Gasteiger partial charge in [0.2, 0.25) is 17.8 Å².